The third kappa shape index (κ3) is 3.33. The molecule has 4 heterocycles. The number of nitrogens with zero attached hydrogens (tertiary/aromatic N) is 4. The maximum absolute atomic E-state index is 10.4. The van der Waals surface area contributed by atoms with Gasteiger partial charge in [0.1, 0.15) is 11.9 Å². The van der Waals surface area contributed by atoms with Crippen molar-refractivity contribution in [2.24, 2.45) is 5.92 Å². The predicted octanol–water partition coefficient (Wildman–Crippen LogP) is 2.40. The van der Waals surface area contributed by atoms with Crippen LogP contribution in [0, 0.1) is 5.92 Å². The van der Waals surface area contributed by atoms with Crippen LogP contribution in [0.15, 0.2) is 28.9 Å². The minimum absolute atomic E-state index is 0.355. The second-order valence-electron chi connectivity index (χ2n) is 8.12. The van der Waals surface area contributed by atoms with Gasteiger partial charge in [0.05, 0.1) is 30.7 Å². The van der Waals surface area contributed by atoms with E-state index in [1.54, 1.807) is 6.26 Å². The van der Waals surface area contributed by atoms with Crippen molar-refractivity contribution in [1.82, 2.24) is 19.6 Å². The molecule has 5 rings (SSSR count). The Balaban J connectivity index is 1.17. The van der Waals surface area contributed by atoms with Gasteiger partial charge in [0, 0.05) is 32.2 Å². The first-order chi connectivity index (χ1) is 12.8. The maximum atomic E-state index is 10.4. The van der Waals surface area contributed by atoms with E-state index in [9.17, 15) is 5.11 Å². The number of fused-ring (bicyclic) bond motifs is 1. The van der Waals surface area contributed by atoms with Crippen molar-refractivity contribution >= 4 is 0 Å². The van der Waals surface area contributed by atoms with Gasteiger partial charge in [-0.05, 0) is 49.8 Å². The Hall–Kier alpha value is -1.63. The van der Waals surface area contributed by atoms with Crippen LogP contribution in [0.3, 0.4) is 0 Å². The number of piperidine rings is 1. The average molecular weight is 356 g/mol. The topological polar surface area (TPSA) is 57.7 Å². The summed E-state index contributed by atoms with van der Waals surface area (Å²) in [4.78, 5) is 5.11. The summed E-state index contributed by atoms with van der Waals surface area (Å²) in [6.07, 6.45) is 6.12. The van der Waals surface area contributed by atoms with Gasteiger partial charge in [-0.1, -0.05) is 0 Å². The molecule has 6 heteroatoms. The van der Waals surface area contributed by atoms with Crippen LogP contribution in [0.4, 0.5) is 0 Å². The van der Waals surface area contributed by atoms with Gasteiger partial charge in [0.15, 0.2) is 0 Å². The lowest BCUT2D eigenvalue weighted by Crippen LogP contribution is -2.47. The van der Waals surface area contributed by atoms with Gasteiger partial charge < -0.3 is 9.52 Å². The van der Waals surface area contributed by atoms with Gasteiger partial charge in [-0.15, -0.1) is 0 Å². The highest BCUT2D eigenvalue weighted by Crippen LogP contribution is 2.40. The average Bonchev–Trinajstić information content (AvgIpc) is 3.22. The van der Waals surface area contributed by atoms with E-state index in [2.05, 4.69) is 31.7 Å². The third-order valence-electron chi connectivity index (χ3n) is 6.25. The summed E-state index contributed by atoms with van der Waals surface area (Å²) in [6.45, 7) is 6.16. The summed E-state index contributed by atoms with van der Waals surface area (Å²) in [5.41, 5.74) is 2.15. The van der Waals surface area contributed by atoms with Crippen LogP contribution in [-0.2, 0) is 19.6 Å². The first-order valence-electron chi connectivity index (χ1n) is 10.00. The molecule has 0 unspecified atom stereocenters. The van der Waals surface area contributed by atoms with Gasteiger partial charge in [0.2, 0.25) is 0 Å². The second kappa shape index (κ2) is 6.83. The van der Waals surface area contributed by atoms with Gasteiger partial charge in [-0.25, -0.2) is 0 Å². The SMILES string of the molecule is O[C@@H](c1cc2n(n1)CCN(C1CCN(Cc3ccco3)CC1)C2)C1CC1. The Labute approximate surface area is 154 Å². The number of aromatic nitrogens is 2. The van der Waals surface area contributed by atoms with Crippen LogP contribution in [-0.4, -0.2) is 50.4 Å². The largest absolute Gasteiger partial charge is 0.468 e. The van der Waals surface area contributed by atoms with Crippen molar-refractivity contribution in [2.75, 3.05) is 19.6 Å². The van der Waals surface area contributed by atoms with Crippen LogP contribution >= 0.6 is 0 Å². The van der Waals surface area contributed by atoms with Crippen LogP contribution in [0.2, 0.25) is 0 Å². The Morgan fingerprint density at radius 2 is 2.00 bits per heavy atom. The van der Waals surface area contributed by atoms with E-state index in [1.165, 1.54) is 18.5 Å². The predicted molar refractivity (Wildman–Crippen MR) is 97.3 cm³/mol. The van der Waals surface area contributed by atoms with Crippen LogP contribution in [0.5, 0.6) is 0 Å². The first kappa shape index (κ1) is 16.5. The van der Waals surface area contributed by atoms with E-state index in [0.29, 0.717) is 12.0 Å². The van der Waals surface area contributed by atoms with Crippen molar-refractivity contribution in [3.8, 4) is 0 Å². The highest BCUT2D eigenvalue weighted by Gasteiger charge is 2.34. The second-order valence-corrected chi connectivity index (χ2v) is 8.12. The maximum Gasteiger partial charge on any atom is 0.117 e. The van der Waals surface area contributed by atoms with E-state index in [1.807, 2.05) is 6.07 Å². The lowest BCUT2D eigenvalue weighted by molar-refractivity contribution is 0.0793. The first-order valence-corrected chi connectivity index (χ1v) is 10.00. The van der Waals surface area contributed by atoms with Crippen molar-refractivity contribution in [1.29, 1.82) is 0 Å². The molecular formula is C20H28N4O2. The van der Waals surface area contributed by atoms with E-state index in [0.717, 1.165) is 63.6 Å². The number of likely N-dealkylation sites (tertiary alicyclic amines) is 1. The van der Waals surface area contributed by atoms with Gasteiger partial charge in [-0.3, -0.25) is 14.5 Å². The molecule has 0 bridgehead atoms. The molecule has 1 saturated heterocycles. The Morgan fingerprint density at radius 1 is 1.15 bits per heavy atom. The highest BCUT2D eigenvalue weighted by molar-refractivity contribution is 5.16. The molecular weight excluding hydrogens is 328 g/mol. The Morgan fingerprint density at radius 3 is 2.73 bits per heavy atom. The molecule has 0 aromatic carbocycles. The standard InChI is InChI=1S/C20H28N4O2/c25-20(15-3-4-15)19-12-17-13-23(9-10-24(17)21-19)16-5-7-22(8-6-16)14-18-2-1-11-26-18/h1-2,11-12,15-16,20,25H,3-10,13-14H2/t20-/m1/s1. The van der Waals surface area contributed by atoms with Crippen molar-refractivity contribution in [3.05, 3.63) is 41.6 Å². The van der Waals surface area contributed by atoms with Crippen molar-refractivity contribution in [2.45, 2.75) is 57.5 Å². The zero-order valence-corrected chi connectivity index (χ0v) is 15.3. The number of hydrogen-bond acceptors (Lipinski definition) is 5. The molecule has 3 aliphatic rings. The van der Waals surface area contributed by atoms with E-state index < -0.39 is 0 Å². The quantitative estimate of drug-likeness (QED) is 0.891. The molecule has 1 atom stereocenters. The summed E-state index contributed by atoms with van der Waals surface area (Å²) in [6, 6.07) is 6.82. The van der Waals surface area contributed by atoms with Gasteiger partial charge in [0.25, 0.3) is 0 Å². The summed E-state index contributed by atoms with van der Waals surface area (Å²) in [5, 5.41) is 15.0. The molecule has 0 radical (unpaired) electrons. The zero-order valence-electron chi connectivity index (χ0n) is 15.3. The van der Waals surface area contributed by atoms with Gasteiger partial charge >= 0.3 is 0 Å². The van der Waals surface area contributed by atoms with Gasteiger partial charge in [-0.2, -0.15) is 5.10 Å². The van der Waals surface area contributed by atoms with E-state index in [4.69, 9.17) is 4.42 Å². The normalized spacial score (nSPS) is 23.9. The van der Waals surface area contributed by atoms with Crippen LogP contribution < -0.4 is 0 Å². The molecule has 1 saturated carbocycles. The van der Waals surface area contributed by atoms with Crippen LogP contribution in [0.1, 0.15) is 48.9 Å². The highest BCUT2D eigenvalue weighted by atomic mass is 16.3. The number of hydrogen-bond donors (Lipinski definition) is 1. The number of rotatable bonds is 5. The fourth-order valence-electron chi connectivity index (χ4n) is 4.48. The summed E-state index contributed by atoms with van der Waals surface area (Å²) in [7, 11) is 0. The number of aliphatic hydroxyl groups excluding tert-OH is 1. The minimum atomic E-state index is -0.355. The zero-order chi connectivity index (χ0) is 17.5. The molecule has 1 aliphatic carbocycles. The molecule has 1 N–H and O–H groups in total. The Kier molecular flexibility index (Phi) is 4.35. The van der Waals surface area contributed by atoms with E-state index >= 15 is 0 Å². The minimum Gasteiger partial charge on any atom is -0.468 e. The Bertz CT molecular complexity index is 729. The fraction of sp³-hybridized carbons (Fsp3) is 0.650. The molecule has 26 heavy (non-hydrogen) atoms. The molecule has 0 amide bonds. The van der Waals surface area contributed by atoms with E-state index in [-0.39, 0.29) is 6.10 Å². The molecule has 2 aromatic heterocycles. The summed E-state index contributed by atoms with van der Waals surface area (Å²) < 4.78 is 7.59. The lowest BCUT2D eigenvalue weighted by atomic mass is 10.0. The van der Waals surface area contributed by atoms with Crippen molar-refractivity contribution in [3.63, 3.8) is 0 Å². The monoisotopic (exact) mass is 356 g/mol. The number of furan rings is 1. The molecule has 2 aromatic rings. The smallest absolute Gasteiger partial charge is 0.117 e. The molecule has 140 valence electrons. The molecule has 2 aliphatic heterocycles. The molecule has 0 spiro atoms. The number of aliphatic hydroxyl groups is 1. The molecule has 6 nitrogen and oxygen atoms in total. The lowest BCUT2D eigenvalue weighted by Gasteiger charge is -2.40. The fourth-order valence-corrected chi connectivity index (χ4v) is 4.48. The third-order valence-corrected chi connectivity index (χ3v) is 6.25. The summed E-state index contributed by atoms with van der Waals surface area (Å²) >= 11 is 0. The van der Waals surface area contributed by atoms with Crippen LogP contribution in [0.25, 0.3) is 0 Å². The van der Waals surface area contributed by atoms with Crippen molar-refractivity contribution < 1.29 is 9.52 Å². The molecule has 2 fully saturated rings. The summed E-state index contributed by atoms with van der Waals surface area (Å²) in [5.74, 6) is 1.51.